The highest BCUT2D eigenvalue weighted by atomic mass is 16.5. The molecule has 1 saturated heterocycles. The van der Waals surface area contributed by atoms with Gasteiger partial charge >= 0.3 is 0 Å². The number of ether oxygens (including phenoxy) is 1. The van der Waals surface area contributed by atoms with Gasteiger partial charge in [-0.1, -0.05) is 62.7 Å². The van der Waals surface area contributed by atoms with Crippen LogP contribution >= 0.6 is 0 Å². The second kappa shape index (κ2) is 11.8. The van der Waals surface area contributed by atoms with Crippen molar-refractivity contribution in [1.82, 2.24) is 9.80 Å². The number of likely N-dealkylation sites (tertiary alicyclic amines) is 1. The van der Waals surface area contributed by atoms with Crippen LogP contribution in [0.25, 0.3) is 5.76 Å². The molecule has 3 rings (SSSR count). The average molecular weight is 465 g/mol. The molecule has 182 valence electrons. The molecule has 0 radical (unpaired) electrons. The predicted molar refractivity (Wildman–Crippen MR) is 135 cm³/mol. The van der Waals surface area contributed by atoms with Crippen molar-refractivity contribution in [2.45, 2.75) is 46.6 Å². The van der Waals surface area contributed by atoms with Crippen molar-refractivity contribution in [3.8, 4) is 5.75 Å². The molecule has 1 aliphatic rings. The lowest BCUT2D eigenvalue weighted by atomic mass is 9.95. The number of nitrogens with zero attached hydrogens (tertiary/aromatic N) is 2. The van der Waals surface area contributed by atoms with Gasteiger partial charge < -0.3 is 19.6 Å². The Hall–Kier alpha value is -3.12. The Labute approximate surface area is 202 Å². The maximum absolute atomic E-state index is 13.2. The lowest BCUT2D eigenvalue weighted by Gasteiger charge is -2.27. The summed E-state index contributed by atoms with van der Waals surface area (Å²) in [6.07, 6.45) is 1.65. The molecular formula is C28H36N2O4. The van der Waals surface area contributed by atoms with Crippen molar-refractivity contribution in [3.05, 3.63) is 70.8 Å². The molecule has 6 nitrogen and oxygen atoms in total. The van der Waals surface area contributed by atoms with Gasteiger partial charge in [0, 0.05) is 12.1 Å². The van der Waals surface area contributed by atoms with E-state index in [1.165, 1.54) is 0 Å². The van der Waals surface area contributed by atoms with Crippen LogP contribution in [0.2, 0.25) is 0 Å². The zero-order chi connectivity index (χ0) is 24.7. The fraction of sp³-hybridized carbons (Fsp3) is 0.429. The van der Waals surface area contributed by atoms with Gasteiger partial charge in [0.05, 0.1) is 18.2 Å². The third kappa shape index (κ3) is 5.68. The fourth-order valence-corrected chi connectivity index (χ4v) is 4.29. The van der Waals surface area contributed by atoms with Crippen LogP contribution in [0.3, 0.4) is 0 Å². The Bertz CT molecular complexity index is 1010. The summed E-state index contributed by atoms with van der Waals surface area (Å²) in [4.78, 5) is 30.2. The minimum Gasteiger partial charge on any atom is -0.507 e. The van der Waals surface area contributed by atoms with E-state index in [4.69, 9.17) is 4.74 Å². The predicted octanol–water partition coefficient (Wildman–Crippen LogP) is 4.94. The van der Waals surface area contributed by atoms with E-state index in [1.54, 1.807) is 17.0 Å². The highest BCUT2D eigenvalue weighted by Gasteiger charge is 2.45. The number of amides is 1. The SMILES string of the molecule is CCCOc1ccc(C2/C(=C(/O)c3ccc(C)cc3)C(=O)C(=O)N2CCCN(CC)CC)cc1. The summed E-state index contributed by atoms with van der Waals surface area (Å²) in [6.45, 7) is 12.0. The number of hydrogen-bond donors (Lipinski definition) is 1. The monoisotopic (exact) mass is 464 g/mol. The lowest BCUT2D eigenvalue weighted by Crippen LogP contribution is -2.33. The lowest BCUT2D eigenvalue weighted by molar-refractivity contribution is -0.140. The van der Waals surface area contributed by atoms with Gasteiger partial charge in [0.15, 0.2) is 0 Å². The molecule has 34 heavy (non-hydrogen) atoms. The number of ketones is 1. The zero-order valence-electron chi connectivity index (χ0n) is 20.7. The van der Waals surface area contributed by atoms with E-state index in [-0.39, 0.29) is 11.3 Å². The second-order valence-electron chi connectivity index (χ2n) is 8.66. The molecule has 0 saturated carbocycles. The molecule has 1 unspecified atom stereocenters. The summed E-state index contributed by atoms with van der Waals surface area (Å²) in [7, 11) is 0. The van der Waals surface area contributed by atoms with Crippen LogP contribution in [0.1, 0.15) is 56.3 Å². The first-order chi connectivity index (χ1) is 16.4. The summed E-state index contributed by atoms with van der Waals surface area (Å²) >= 11 is 0. The van der Waals surface area contributed by atoms with Gasteiger partial charge in [-0.05, 0) is 57.1 Å². The molecule has 0 aromatic heterocycles. The smallest absolute Gasteiger partial charge is 0.295 e. The first kappa shape index (κ1) is 25.5. The summed E-state index contributed by atoms with van der Waals surface area (Å²) < 4.78 is 5.70. The molecule has 2 aromatic rings. The van der Waals surface area contributed by atoms with Crippen LogP contribution in [0.4, 0.5) is 0 Å². The number of aliphatic hydroxyl groups excluding tert-OH is 1. The first-order valence-corrected chi connectivity index (χ1v) is 12.2. The molecule has 1 fully saturated rings. The topological polar surface area (TPSA) is 70.1 Å². The minimum absolute atomic E-state index is 0.138. The van der Waals surface area contributed by atoms with E-state index in [0.29, 0.717) is 18.7 Å². The zero-order valence-corrected chi connectivity index (χ0v) is 20.7. The van der Waals surface area contributed by atoms with Crippen LogP contribution in [-0.4, -0.2) is 59.4 Å². The molecular weight excluding hydrogens is 428 g/mol. The summed E-state index contributed by atoms with van der Waals surface area (Å²) in [6, 6.07) is 14.1. The minimum atomic E-state index is -0.641. The number of hydrogen-bond acceptors (Lipinski definition) is 5. The van der Waals surface area contributed by atoms with Crippen molar-refractivity contribution < 1.29 is 19.4 Å². The van der Waals surface area contributed by atoms with Crippen molar-refractivity contribution in [2.75, 3.05) is 32.8 Å². The van der Waals surface area contributed by atoms with Crippen molar-refractivity contribution in [1.29, 1.82) is 0 Å². The molecule has 1 aliphatic heterocycles. The number of carbonyl (C=O) groups excluding carboxylic acids is 2. The average Bonchev–Trinajstić information content (AvgIpc) is 3.10. The van der Waals surface area contributed by atoms with Gasteiger partial charge in [-0.25, -0.2) is 0 Å². The van der Waals surface area contributed by atoms with E-state index in [0.717, 1.165) is 49.4 Å². The standard InChI is InChI=1S/C28H36N2O4/c1-5-19-34-23-15-13-21(14-16-23)25-24(26(31)22-11-9-20(4)10-12-22)27(32)28(33)30(25)18-8-17-29(6-2)7-3/h9-16,25,31H,5-8,17-19H2,1-4H3/b26-24-. The number of carbonyl (C=O) groups is 2. The molecule has 0 bridgehead atoms. The van der Waals surface area contributed by atoms with E-state index < -0.39 is 17.7 Å². The van der Waals surface area contributed by atoms with Gasteiger partial charge in [-0.3, -0.25) is 9.59 Å². The Morgan fingerprint density at radius 2 is 1.65 bits per heavy atom. The number of aryl methyl sites for hydroxylation is 1. The van der Waals surface area contributed by atoms with Gasteiger partial charge in [0.1, 0.15) is 11.5 Å². The molecule has 0 aliphatic carbocycles. The maximum atomic E-state index is 13.2. The maximum Gasteiger partial charge on any atom is 0.295 e. The third-order valence-corrected chi connectivity index (χ3v) is 6.30. The van der Waals surface area contributed by atoms with E-state index in [1.807, 2.05) is 50.2 Å². The molecule has 1 heterocycles. The van der Waals surface area contributed by atoms with E-state index >= 15 is 0 Å². The molecule has 2 aromatic carbocycles. The van der Waals surface area contributed by atoms with Crippen LogP contribution in [0, 0.1) is 6.92 Å². The number of benzene rings is 2. The number of aliphatic hydroxyl groups is 1. The quantitative estimate of drug-likeness (QED) is 0.290. The van der Waals surface area contributed by atoms with Crippen LogP contribution < -0.4 is 4.74 Å². The number of rotatable bonds is 11. The highest BCUT2D eigenvalue weighted by molar-refractivity contribution is 6.46. The van der Waals surface area contributed by atoms with Crippen molar-refractivity contribution in [2.24, 2.45) is 0 Å². The Morgan fingerprint density at radius 3 is 2.24 bits per heavy atom. The molecule has 6 heteroatoms. The largest absolute Gasteiger partial charge is 0.507 e. The van der Waals surface area contributed by atoms with Gasteiger partial charge in [-0.15, -0.1) is 0 Å². The Kier molecular flexibility index (Phi) is 8.88. The first-order valence-electron chi connectivity index (χ1n) is 12.2. The molecule has 1 amide bonds. The van der Waals surface area contributed by atoms with Crippen LogP contribution in [0.5, 0.6) is 5.75 Å². The molecule has 1 N–H and O–H groups in total. The fourth-order valence-electron chi connectivity index (χ4n) is 4.29. The Morgan fingerprint density at radius 1 is 1.00 bits per heavy atom. The second-order valence-corrected chi connectivity index (χ2v) is 8.66. The number of Topliss-reactive ketones (excluding diaryl/α,β-unsaturated/α-hetero) is 1. The van der Waals surface area contributed by atoms with Gasteiger partial charge in [0.25, 0.3) is 11.7 Å². The Balaban J connectivity index is 1.99. The van der Waals surface area contributed by atoms with Crippen LogP contribution in [0.15, 0.2) is 54.1 Å². The molecule has 0 spiro atoms. The summed E-state index contributed by atoms with van der Waals surface area (Å²) in [5, 5.41) is 11.2. The third-order valence-electron chi connectivity index (χ3n) is 6.30. The normalized spacial score (nSPS) is 17.6. The van der Waals surface area contributed by atoms with Crippen molar-refractivity contribution in [3.63, 3.8) is 0 Å². The van der Waals surface area contributed by atoms with Crippen LogP contribution in [-0.2, 0) is 9.59 Å². The summed E-state index contributed by atoms with van der Waals surface area (Å²) in [5.74, 6) is -0.606. The van der Waals surface area contributed by atoms with Crippen molar-refractivity contribution >= 4 is 17.4 Å². The van der Waals surface area contributed by atoms with E-state index in [9.17, 15) is 14.7 Å². The summed E-state index contributed by atoms with van der Waals surface area (Å²) in [5.41, 5.74) is 2.49. The van der Waals surface area contributed by atoms with Gasteiger partial charge in [-0.2, -0.15) is 0 Å². The highest BCUT2D eigenvalue weighted by Crippen LogP contribution is 2.40. The molecule has 1 atom stereocenters. The van der Waals surface area contributed by atoms with Gasteiger partial charge in [0.2, 0.25) is 0 Å². The van der Waals surface area contributed by atoms with E-state index in [2.05, 4.69) is 18.7 Å².